The summed E-state index contributed by atoms with van der Waals surface area (Å²) in [6.45, 7) is 3.13. The van der Waals surface area contributed by atoms with Crippen molar-refractivity contribution in [3.8, 4) is 0 Å². The lowest BCUT2D eigenvalue weighted by molar-refractivity contribution is -0.143. The molecule has 4 N–H and O–H groups in total. The van der Waals surface area contributed by atoms with Gasteiger partial charge in [-0.2, -0.15) is 0 Å². The Morgan fingerprint density at radius 3 is 2.50 bits per heavy atom. The molecule has 1 unspecified atom stereocenters. The van der Waals surface area contributed by atoms with Gasteiger partial charge in [0.05, 0.1) is 0 Å². The predicted octanol–water partition coefficient (Wildman–Crippen LogP) is -1.21. The second-order valence-electron chi connectivity index (χ2n) is 4.12. The lowest BCUT2D eigenvalue weighted by Gasteiger charge is -2.32. The summed E-state index contributed by atoms with van der Waals surface area (Å²) in [6.07, 6.45) is 0.0384. The van der Waals surface area contributed by atoms with Gasteiger partial charge in [-0.05, 0) is 19.0 Å². The van der Waals surface area contributed by atoms with E-state index < -0.39 is 12.0 Å². The molecule has 0 aliphatic carbocycles. The zero-order valence-electron chi connectivity index (χ0n) is 9.27. The van der Waals surface area contributed by atoms with Crippen molar-refractivity contribution in [2.45, 2.75) is 19.4 Å². The Hall–Kier alpha value is -1.14. The van der Waals surface area contributed by atoms with Gasteiger partial charge in [0.1, 0.15) is 6.04 Å². The number of rotatable bonds is 6. The Balaban J connectivity index is 2.43. The molecule has 1 saturated heterocycles. The van der Waals surface area contributed by atoms with Gasteiger partial charge in [0.15, 0.2) is 0 Å². The number of carbonyl (C=O) groups is 2. The first-order valence-electron chi connectivity index (χ1n) is 5.41. The third-order valence-corrected chi connectivity index (χ3v) is 2.97. The third kappa shape index (κ3) is 3.18. The number of nitrogens with one attached hydrogen (secondary N) is 2. The summed E-state index contributed by atoms with van der Waals surface area (Å²) >= 11 is 0. The second kappa shape index (κ2) is 5.81. The van der Waals surface area contributed by atoms with Crippen molar-refractivity contribution in [1.82, 2.24) is 10.6 Å². The van der Waals surface area contributed by atoms with Gasteiger partial charge in [-0.3, -0.25) is 4.79 Å². The average molecular weight is 230 g/mol. The van der Waals surface area contributed by atoms with Gasteiger partial charge in [-0.15, -0.1) is 0 Å². The van der Waals surface area contributed by atoms with E-state index >= 15 is 0 Å². The first-order valence-corrected chi connectivity index (χ1v) is 5.41. The minimum atomic E-state index is -1.11. The zero-order valence-corrected chi connectivity index (χ0v) is 9.27. The summed E-state index contributed by atoms with van der Waals surface area (Å²) in [6, 6.07) is -0.993. The van der Waals surface area contributed by atoms with E-state index in [1.807, 2.05) is 0 Å². The second-order valence-corrected chi connectivity index (χ2v) is 4.12. The van der Waals surface area contributed by atoms with E-state index in [9.17, 15) is 9.59 Å². The summed E-state index contributed by atoms with van der Waals surface area (Å²) < 4.78 is 0. The van der Waals surface area contributed by atoms with Gasteiger partial charge < -0.3 is 20.8 Å². The number of aliphatic hydroxyl groups is 1. The van der Waals surface area contributed by atoms with E-state index in [0.717, 1.165) is 13.1 Å². The lowest BCUT2D eigenvalue weighted by Crippen LogP contribution is -2.52. The summed E-state index contributed by atoms with van der Waals surface area (Å²) in [5.74, 6) is -1.28. The van der Waals surface area contributed by atoms with Gasteiger partial charge in [0, 0.05) is 18.9 Å². The van der Waals surface area contributed by atoms with Crippen LogP contribution in [0.2, 0.25) is 0 Å². The Bertz CT molecular complexity index is 266. The maximum absolute atomic E-state index is 11.7. The first kappa shape index (κ1) is 12.9. The number of amides is 1. The number of carboxylic acids is 1. The van der Waals surface area contributed by atoms with Crippen LogP contribution in [0.1, 0.15) is 13.3 Å². The molecular weight excluding hydrogens is 212 g/mol. The van der Waals surface area contributed by atoms with Crippen molar-refractivity contribution in [3.05, 3.63) is 0 Å². The predicted molar refractivity (Wildman–Crippen MR) is 56.8 cm³/mol. The van der Waals surface area contributed by atoms with Crippen molar-refractivity contribution in [2.24, 2.45) is 11.8 Å². The third-order valence-electron chi connectivity index (χ3n) is 2.97. The number of carbonyl (C=O) groups excluding carboxylic acids is 1. The first-order chi connectivity index (χ1) is 7.56. The monoisotopic (exact) mass is 230 g/mol. The molecule has 1 fully saturated rings. The summed E-state index contributed by atoms with van der Waals surface area (Å²) in [4.78, 5) is 22.4. The van der Waals surface area contributed by atoms with Crippen LogP contribution in [-0.2, 0) is 9.59 Å². The highest BCUT2D eigenvalue weighted by atomic mass is 16.4. The fourth-order valence-corrected chi connectivity index (χ4v) is 1.57. The molecule has 0 saturated carbocycles. The highest BCUT2D eigenvalue weighted by Crippen LogP contribution is 2.16. The molecule has 0 spiro atoms. The standard InChI is InChI=1S/C10H18N2O4/c1-6(7-4-11-5-7)9(14)12-8(2-3-13)10(15)16/h6-8,11,13H,2-5H2,1H3,(H,12,14)(H,15,16)/t6?,8-/m0/s1. The molecule has 1 amide bonds. The van der Waals surface area contributed by atoms with E-state index in [4.69, 9.17) is 10.2 Å². The normalized spacial score (nSPS) is 19.6. The number of carboxylic acid groups (broad SMARTS) is 1. The number of hydrogen-bond donors (Lipinski definition) is 4. The Morgan fingerprint density at radius 1 is 1.50 bits per heavy atom. The van der Waals surface area contributed by atoms with Gasteiger partial charge >= 0.3 is 5.97 Å². The summed E-state index contributed by atoms with van der Waals surface area (Å²) in [5.41, 5.74) is 0. The molecule has 6 heteroatoms. The number of aliphatic hydroxyl groups excluding tert-OH is 1. The van der Waals surface area contributed by atoms with Crippen LogP contribution in [0.15, 0.2) is 0 Å². The van der Waals surface area contributed by atoms with Crippen LogP contribution in [0.5, 0.6) is 0 Å². The van der Waals surface area contributed by atoms with Crippen LogP contribution in [-0.4, -0.2) is 47.8 Å². The van der Waals surface area contributed by atoms with Crippen LogP contribution in [0.25, 0.3) is 0 Å². The Kier molecular flexibility index (Phi) is 4.70. The van der Waals surface area contributed by atoms with E-state index in [0.29, 0.717) is 0 Å². The van der Waals surface area contributed by atoms with Crippen molar-refractivity contribution < 1.29 is 19.8 Å². The molecule has 1 aliphatic heterocycles. The molecule has 92 valence electrons. The van der Waals surface area contributed by atoms with Crippen molar-refractivity contribution in [1.29, 1.82) is 0 Å². The van der Waals surface area contributed by atoms with Crippen molar-refractivity contribution in [2.75, 3.05) is 19.7 Å². The molecule has 0 aromatic rings. The molecule has 0 aromatic carbocycles. The Morgan fingerprint density at radius 2 is 2.12 bits per heavy atom. The van der Waals surface area contributed by atoms with Gasteiger partial charge in [-0.1, -0.05) is 6.92 Å². The van der Waals surface area contributed by atoms with Gasteiger partial charge in [0.25, 0.3) is 0 Å². The molecule has 2 atom stereocenters. The Labute approximate surface area is 94.0 Å². The van der Waals surface area contributed by atoms with Crippen LogP contribution in [0.3, 0.4) is 0 Å². The average Bonchev–Trinajstić information content (AvgIpc) is 2.13. The molecule has 0 aromatic heterocycles. The highest BCUT2D eigenvalue weighted by Gasteiger charge is 2.30. The smallest absolute Gasteiger partial charge is 0.326 e. The minimum absolute atomic E-state index is 0.0384. The SMILES string of the molecule is CC(C(=O)N[C@@H](CCO)C(=O)O)C1CNC1. The largest absolute Gasteiger partial charge is 0.480 e. The molecule has 0 bridgehead atoms. The quantitative estimate of drug-likeness (QED) is 0.459. The van der Waals surface area contributed by atoms with Crippen LogP contribution >= 0.6 is 0 Å². The van der Waals surface area contributed by atoms with Crippen LogP contribution in [0, 0.1) is 11.8 Å². The maximum atomic E-state index is 11.7. The molecule has 16 heavy (non-hydrogen) atoms. The molecule has 1 aliphatic rings. The van der Waals surface area contributed by atoms with Crippen LogP contribution in [0.4, 0.5) is 0 Å². The van der Waals surface area contributed by atoms with Crippen LogP contribution < -0.4 is 10.6 Å². The molecule has 1 heterocycles. The fourth-order valence-electron chi connectivity index (χ4n) is 1.57. The molecule has 6 nitrogen and oxygen atoms in total. The minimum Gasteiger partial charge on any atom is -0.480 e. The number of hydrogen-bond acceptors (Lipinski definition) is 4. The highest BCUT2D eigenvalue weighted by molar-refractivity contribution is 5.85. The fraction of sp³-hybridized carbons (Fsp3) is 0.800. The van der Waals surface area contributed by atoms with E-state index in [1.165, 1.54) is 0 Å². The van der Waals surface area contributed by atoms with E-state index in [-0.39, 0.29) is 30.8 Å². The van der Waals surface area contributed by atoms with Crippen molar-refractivity contribution in [3.63, 3.8) is 0 Å². The van der Waals surface area contributed by atoms with Crippen molar-refractivity contribution >= 4 is 11.9 Å². The molecule has 1 rings (SSSR count). The molecule has 0 radical (unpaired) electrons. The topological polar surface area (TPSA) is 98.7 Å². The van der Waals surface area contributed by atoms with Gasteiger partial charge in [0.2, 0.25) is 5.91 Å². The van der Waals surface area contributed by atoms with E-state index in [1.54, 1.807) is 6.92 Å². The summed E-state index contributed by atoms with van der Waals surface area (Å²) in [7, 11) is 0. The zero-order chi connectivity index (χ0) is 12.1. The lowest BCUT2D eigenvalue weighted by atomic mass is 9.88. The van der Waals surface area contributed by atoms with Gasteiger partial charge in [-0.25, -0.2) is 4.79 Å². The van der Waals surface area contributed by atoms with E-state index in [2.05, 4.69) is 10.6 Å². The molecular formula is C10H18N2O4. The maximum Gasteiger partial charge on any atom is 0.326 e. The number of aliphatic carboxylic acids is 1. The summed E-state index contributed by atoms with van der Waals surface area (Å²) in [5, 5.41) is 23.0.